The van der Waals surface area contributed by atoms with Crippen molar-refractivity contribution in [2.24, 2.45) is 0 Å². The SMILES string of the molecule is CC(C)n1nccc1NC(=O)COC(=O)c1ccc(O)cc1. The minimum Gasteiger partial charge on any atom is -0.508 e. The summed E-state index contributed by atoms with van der Waals surface area (Å²) in [5, 5.41) is 15.9. The van der Waals surface area contributed by atoms with Crippen molar-refractivity contribution < 1.29 is 19.4 Å². The van der Waals surface area contributed by atoms with E-state index in [2.05, 4.69) is 10.4 Å². The van der Waals surface area contributed by atoms with Crippen molar-refractivity contribution in [1.29, 1.82) is 0 Å². The fourth-order valence-corrected chi connectivity index (χ4v) is 1.82. The Labute approximate surface area is 127 Å². The highest BCUT2D eigenvalue weighted by Gasteiger charge is 2.13. The number of anilines is 1. The Hall–Kier alpha value is -2.83. The third kappa shape index (κ3) is 3.85. The van der Waals surface area contributed by atoms with E-state index in [0.717, 1.165) is 0 Å². The van der Waals surface area contributed by atoms with Gasteiger partial charge < -0.3 is 15.2 Å². The van der Waals surface area contributed by atoms with Gasteiger partial charge in [0.25, 0.3) is 5.91 Å². The fourth-order valence-electron chi connectivity index (χ4n) is 1.82. The molecule has 0 radical (unpaired) electrons. The van der Waals surface area contributed by atoms with E-state index >= 15 is 0 Å². The summed E-state index contributed by atoms with van der Waals surface area (Å²) in [6.07, 6.45) is 1.58. The maximum Gasteiger partial charge on any atom is 0.338 e. The number of carbonyl (C=O) groups excluding carboxylic acids is 2. The second-order valence-electron chi connectivity index (χ2n) is 4.93. The topological polar surface area (TPSA) is 93.5 Å². The van der Waals surface area contributed by atoms with Crippen LogP contribution < -0.4 is 5.32 Å². The fraction of sp³-hybridized carbons (Fsp3) is 0.267. The number of ether oxygens (including phenoxy) is 1. The Morgan fingerprint density at radius 3 is 2.59 bits per heavy atom. The number of hydrogen-bond donors (Lipinski definition) is 2. The van der Waals surface area contributed by atoms with Crippen molar-refractivity contribution in [1.82, 2.24) is 9.78 Å². The van der Waals surface area contributed by atoms with Crippen molar-refractivity contribution in [3.05, 3.63) is 42.1 Å². The summed E-state index contributed by atoms with van der Waals surface area (Å²) in [4.78, 5) is 23.5. The molecule has 2 N–H and O–H groups in total. The average molecular weight is 303 g/mol. The van der Waals surface area contributed by atoms with Crippen LogP contribution in [0, 0.1) is 0 Å². The van der Waals surface area contributed by atoms with Gasteiger partial charge in [-0.3, -0.25) is 4.79 Å². The lowest BCUT2D eigenvalue weighted by atomic mass is 10.2. The van der Waals surface area contributed by atoms with E-state index in [1.165, 1.54) is 24.3 Å². The summed E-state index contributed by atoms with van der Waals surface area (Å²) in [6, 6.07) is 7.35. The molecule has 1 aromatic carbocycles. The second kappa shape index (κ2) is 6.75. The zero-order chi connectivity index (χ0) is 16.1. The number of esters is 1. The smallest absolute Gasteiger partial charge is 0.338 e. The van der Waals surface area contributed by atoms with Crippen LogP contribution in [0.4, 0.5) is 5.82 Å². The molecule has 116 valence electrons. The minimum absolute atomic E-state index is 0.0521. The molecule has 0 spiro atoms. The summed E-state index contributed by atoms with van der Waals surface area (Å²) in [5.41, 5.74) is 0.262. The van der Waals surface area contributed by atoms with E-state index in [4.69, 9.17) is 9.84 Å². The number of phenols is 1. The van der Waals surface area contributed by atoms with Gasteiger partial charge in [-0.25, -0.2) is 9.48 Å². The van der Waals surface area contributed by atoms with Crippen LogP contribution in [0.1, 0.15) is 30.2 Å². The van der Waals surface area contributed by atoms with Gasteiger partial charge in [-0.2, -0.15) is 5.10 Å². The summed E-state index contributed by atoms with van der Waals surface area (Å²) < 4.78 is 6.57. The predicted octanol–water partition coefficient (Wildman–Crippen LogP) is 1.97. The number of carbonyl (C=O) groups is 2. The third-order valence-corrected chi connectivity index (χ3v) is 2.86. The Balaban J connectivity index is 1.88. The van der Waals surface area contributed by atoms with Gasteiger partial charge in [-0.15, -0.1) is 0 Å². The van der Waals surface area contributed by atoms with Crippen LogP contribution in [-0.2, 0) is 9.53 Å². The molecule has 22 heavy (non-hydrogen) atoms. The van der Waals surface area contributed by atoms with E-state index in [-0.39, 0.29) is 17.4 Å². The highest BCUT2D eigenvalue weighted by molar-refractivity contribution is 5.95. The summed E-state index contributed by atoms with van der Waals surface area (Å²) in [7, 11) is 0. The predicted molar refractivity (Wildman–Crippen MR) is 79.6 cm³/mol. The molecule has 0 atom stereocenters. The molecule has 2 aromatic rings. The summed E-state index contributed by atoms with van der Waals surface area (Å²) >= 11 is 0. The largest absolute Gasteiger partial charge is 0.508 e. The molecule has 0 aliphatic heterocycles. The number of amides is 1. The maximum atomic E-state index is 11.8. The Kier molecular flexibility index (Phi) is 4.77. The van der Waals surface area contributed by atoms with Crippen molar-refractivity contribution in [2.45, 2.75) is 19.9 Å². The number of hydrogen-bond acceptors (Lipinski definition) is 5. The molecule has 0 saturated carbocycles. The van der Waals surface area contributed by atoms with Crippen LogP contribution in [0.25, 0.3) is 0 Å². The minimum atomic E-state index is -0.632. The van der Waals surface area contributed by atoms with E-state index in [1.807, 2.05) is 13.8 Å². The van der Waals surface area contributed by atoms with Gasteiger partial charge in [0.15, 0.2) is 6.61 Å². The highest BCUT2D eigenvalue weighted by atomic mass is 16.5. The monoisotopic (exact) mass is 303 g/mol. The van der Waals surface area contributed by atoms with Crippen molar-refractivity contribution in [3.63, 3.8) is 0 Å². The zero-order valence-electron chi connectivity index (χ0n) is 12.3. The number of aromatic nitrogens is 2. The molecule has 0 aliphatic carbocycles. The first-order chi connectivity index (χ1) is 10.5. The zero-order valence-corrected chi connectivity index (χ0v) is 12.3. The lowest BCUT2D eigenvalue weighted by Crippen LogP contribution is -2.23. The van der Waals surface area contributed by atoms with Gasteiger partial charge in [0, 0.05) is 12.1 Å². The van der Waals surface area contributed by atoms with Crippen molar-refractivity contribution in [3.8, 4) is 5.75 Å². The lowest BCUT2D eigenvalue weighted by Gasteiger charge is -2.11. The molecule has 1 heterocycles. The first kappa shape index (κ1) is 15.6. The standard InChI is InChI=1S/C15H17N3O4/c1-10(2)18-13(7-8-16-18)17-14(20)9-22-15(21)11-3-5-12(19)6-4-11/h3-8,10,19H,9H2,1-2H3,(H,17,20). The molecular weight excluding hydrogens is 286 g/mol. The van der Waals surface area contributed by atoms with Gasteiger partial charge in [-0.1, -0.05) is 0 Å². The first-order valence-electron chi connectivity index (χ1n) is 6.77. The van der Waals surface area contributed by atoms with Crippen LogP contribution in [-0.4, -0.2) is 33.4 Å². The molecule has 0 bridgehead atoms. The van der Waals surface area contributed by atoms with Crippen LogP contribution in [0.2, 0.25) is 0 Å². The number of rotatable bonds is 5. The van der Waals surface area contributed by atoms with Crippen molar-refractivity contribution in [2.75, 3.05) is 11.9 Å². The molecule has 7 heteroatoms. The molecule has 0 aliphatic rings. The van der Waals surface area contributed by atoms with Gasteiger partial charge >= 0.3 is 5.97 Å². The lowest BCUT2D eigenvalue weighted by molar-refractivity contribution is -0.119. The molecule has 2 rings (SSSR count). The van der Waals surface area contributed by atoms with Gasteiger partial charge in [0.1, 0.15) is 11.6 Å². The van der Waals surface area contributed by atoms with Crippen molar-refractivity contribution >= 4 is 17.7 Å². The quantitative estimate of drug-likeness (QED) is 0.824. The maximum absolute atomic E-state index is 11.8. The average Bonchev–Trinajstić information content (AvgIpc) is 2.94. The van der Waals surface area contributed by atoms with E-state index in [9.17, 15) is 9.59 Å². The number of nitrogens with one attached hydrogen (secondary N) is 1. The first-order valence-corrected chi connectivity index (χ1v) is 6.77. The van der Waals surface area contributed by atoms with Gasteiger partial charge in [0.05, 0.1) is 11.8 Å². The normalized spacial score (nSPS) is 10.5. The summed E-state index contributed by atoms with van der Waals surface area (Å²) in [5.74, 6) is -0.487. The Morgan fingerprint density at radius 2 is 1.95 bits per heavy atom. The molecule has 0 unspecified atom stereocenters. The Morgan fingerprint density at radius 1 is 1.27 bits per heavy atom. The van der Waals surface area contributed by atoms with E-state index in [1.54, 1.807) is 16.9 Å². The molecular formula is C15H17N3O4. The number of nitrogens with zero attached hydrogens (tertiary/aromatic N) is 2. The van der Waals surface area contributed by atoms with Crippen LogP contribution >= 0.6 is 0 Å². The Bertz CT molecular complexity index is 662. The van der Waals surface area contributed by atoms with Gasteiger partial charge in [0.2, 0.25) is 0 Å². The van der Waals surface area contributed by atoms with Crippen LogP contribution in [0.5, 0.6) is 5.75 Å². The highest BCUT2D eigenvalue weighted by Crippen LogP contribution is 2.13. The molecule has 0 saturated heterocycles. The third-order valence-electron chi connectivity index (χ3n) is 2.86. The molecule has 1 aromatic heterocycles. The second-order valence-corrected chi connectivity index (χ2v) is 4.93. The van der Waals surface area contributed by atoms with Gasteiger partial charge in [-0.05, 0) is 38.1 Å². The van der Waals surface area contributed by atoms with E-state index < -0.39 is 18.5 Å². The van der Waals surface area contributed by atoms with Crippen LogP contribution in [0.15, 0.2) is 36.5 Å². The number of aromatic hydroxyl groups is 1. The van der Waals surface area contributed by atoms with Crippen LogP contribution in [0.3, 0.4) is 0 Å². The molecule has 7 nitrogen and oxygen atoms in total. The number of benzene rings is 1. The molecule has 0 fully saturated rings. The number of phenolic OH excluding ortho intramolecular Hbond substituents is 1. The van der Waals surface area contributed by atoms with E-state index in [0.29, 0.717) is 5.82 Å². The molecule has 1 amide bonds. The summed E-state index contributed by atoms with van der Waals surface area (Å²) in [6.45, 7) is 3.48.